The number of aryl methyl sites for hydroxylation is 1. The number of Topliss-reactive ketones (excluding diaryl/α,β-unsaturated/α-hetero) is 1. The fourth-order valence-corrected chi connectivity index (χ4v) is 1.22. The van der Waals surface area contributed by atoms with E-state index in [1.807, 2.05) is 6.92 Å². The number of hydrogen-bond acceptors (Lipinski definition) is 3. The Morgan fingerprint density at radius 3 is 2.93 bits per heavy atom. The van der Waals surface area contributed by atoms with Gasteiger partial charge in [0.15, 0.2) is 5.78 Å². The summed E-state index contributed by atoms with van der Waals surface area (Å²) in [7, 11) is 3.44. The molecule has 1 heterocycles. The van der Waals surface area contributed by atoms with Crippen molar-refractivity contribution in [1.82, 2.24) is 9.78 Å². The van der Waals surface area contributed by atoms with E-state index in [2.05, 4.69) is 5.10 Å². The Morgan fingerprint density at radius 2 is 2.43 bits per heavy atom. The van der Waals surface area contributed by atoms with Gasteiger partial charge in [0.05, 0.1) is 0 Å². The molecule has 0 bridgehead atoms. The minimum absolute atomic E-state index is 0.0233. The zero-order chi connectivity index (χ0) is 10.6. The molecule has 1 aromatic rings. The molecular weight excluding hydrogens is 180 g/mol. The van der Waals surface area contributed by atoms with Crippen molar-refractivity contribution in [3.05, 3.63) is 18.0 Å². The fourth-order valence-electron chi connectivity index (χ4n) is 1.22. The molecular formula is C10H16N2O2. The van der Waals surface area contributed by atoms with Crippen LogP contribution in [0.5, 0.6) is 0 Å². The van der Waals surface area contributed by atoms with E-state index in [-0.39, 0.29) is 11.7 Å². The largest absolute Gasteiger partial charge is 0.385 e. The van der Waals surface area contributed by atoms with Crippen LogP contribution in [-0.4, -0.2) is 29.3 Å². The van der Waals surface area contributed by atoms with Crippen molar-refractivity contribution in [2.24, 2.45) is 13.0 Å². The van der Waals surface area contributed by atoms with Crippen molar-refractivity contribution in [2.45, 2.75) is 13.3 Å². The first-order chi connectivity index (χ1) is 6.65. The number of carbonyl (C=O) groups excluding carboxylic acids is 1. The van der Waals surface area contributed by atoms with Gasteiger partial charge in [-0.15, -0.1) is 0 Å². The van der Waals surface area contributed by atoms with Crippen LogP contribution in [-0.2, 0) is 11.8 Å². The maximum absolute atomic E-state index is 11.7. The molecule has 78 valence electrons. The number of hydrogen-bond donors (Lipinski definition) is 0. The van der Waals surface area contributed by atoms with Gasteiger partial charge in [0.2, 0.25) is 0 Å². The number of nitrogens with zero attached hydrogens (tertiary/aromatic N) is 2. The predicted octanol–water partition coefficient (Wildman–Crippen LogP) is 1.28. The Hall–Kier alpha value is -1.16. The van der Waals surface area contributed by atoms with Crippen molar-refractivity contribution in [1.29, 1.82) is 0 Å². The van der Waals surface area contributed by atoms with Crippen LogP contribution in [0.3, 0.4) is 0 Å². The molecule has 0 aromatic carbocycles. The third-order valence-electron chi connectivity index (χ3n) is 2.17. The minimum atomic E-state index is -0.0233. The summed E-state index contributed by atoms with van der Waals surface area (Å²) in [6.07, 6.45) is 2.52. The van der Waals surface area contributed by atoms with Crippen molar-refractivity contribution in [3.8, 4) is 0 Å². The van der Waals surface area contributed by atoms with E-state index >= 15 is 0 Å². The summed E-state index contributed by atoms with van der Waals surface area (Å²) in [6.45, 7) is 2.51. The van der Waals surface area contributed by atoms with Gasteiger partial charge < -0.3 is 4.74 Å². The van der Waals surface area contributed by atoms with Crippen molar-refractivity contribution in [3.63, 3.8) is 0 Å². The number of ketones is 1. The summed E-state index contributed by atoms with van der Waals surface area (Å²) in [5.74, 6) is 0.0625. The average Bonchev–Trinajstić information content (AvgIpc) is 2.60. The van der Waals surface area contributed by atoms with Gasteiger partial charge in [0, 0.05) is 32.9 Å². The molecule has 4 nitrogen and oxygen atoms in total. The lowest BCUT2D eigenvalue weighted by atomic mass is 10.0. The molecule has 1 atom stereocenters. The molecule has 4 heteroatoms. The van der Waals surface area contributed by atoms with Crippen molar-refractivity contribution >= 4 is 5.78 Å². The Bertz CT molecular complexity index is 307. The molecule has 0 N–H and O–H groups in total. The SMILES string of the molecule is COCCC(C)C(=O)c1ccn(C)n1. The summed E-state index contributed by atoms with van der Waals surface area (Å²) in [6, 6.07) is 1.74. The van der Waals surface area contributed by atoms with Gasteiger partial charge in [-0.2, -0.15) is 5.10 Å². The highest BCUT2D eigenvalue weighted by atomic mass is 16.5. The molecule has 0 aliphatic carbocycles. The van der Waals surface area contributed by atoms with Crippen molar-refractivity contribution in [2.75, 3.05) is 13.7 Å². The van der Waals surface area contributed by atoms with Crippen molar-refractivity contribution < 1.29 is 9.53 Å². The predicted molar refractivity (Wildman–Crippen MR) is 53.2 cm³/mol. The van der Waals surface area contributed by atoms with E-state index in [1.165, 1.54) is 0 Å². The topological polar surface area (TPSA) is 44.1 Å². The molecule has 1 aromatic heterocycles. The third-order valence-corrected chi connectivity index (χ3v) is 2.17. The second-order valence-electron chi connectivity index (χ2n) is 3.42. The molecule has 0 spiro atoms. The standard InChI is InChI=1S/C10H16N2O2/c1-8(5-7-14-3)10(13)9-4-6-12(2)11-9/h4,6,8H,5,7H2,1-3H3. The number of carbonyl (C=O) groups is 1. The maximum Gasteiger partial charge on any atom is 0.185 e. The minimum Gasteiger partial charge on any atom is -0.385 e. The van der Waals surface area contributed by atoms with Gasteiger partial charge in [0.25, 0.3) is 0 Å². The molecule has 0 amide bonds. The number of aromatic nitrogens is 2. The summed E-state index contributed by atoms with van der Waals surface area (Å²) < 4.78 is 6.56. The van der Waals surface area contributed by atoms with Crippen LogP contribution in [0.15, 0.2) is 12.3 Å². The van der Waals surface area contributed by atoms with E-state index in [1.54, 1.807) is 31.1 Å². The molecule has 14 heavy (non-hydrogen) atoms. The third kappa shape index (κ3) is 2.67. The highest BCUT2D eigenvalue weighted by molar-refractivity contribution is 5.95. The van der Waals surface area contributed by atoms with E-state index in [4.69, 9.17) is 4.74 Å². The van der Waals surface area contributed by atoms with E-state index in [0.717, 1.165) is 6.42 Å². The molecule has 0 fully saturated rings. The highest BCUT2D eigenvalue weighted by Crippen LogP contribution is 2.09. The first-order valence-corrected chi connectivity index (χ1v) is 4.68. The smallest absolute Gasteiger partial charge is 0.185 e. The Morgan fingerprint density at radius 1 is 1.71 bits per heavy atom. The molecule has 1 rings (SSSR count). The first-order valence-electron chi connectivity index (χ1n) is 4.68. The second kappa shape index (κ2) is 4.91. The van der Waals surface area contributed by atoms with Crippen LogP contribution < -0.4 is 0 Å². The summed E-state index contributed by atoms with van der Waals surface area (Å²) >= 11 is 0. The number of rotatable bonds is 5. The second-order valence-corrected chi connectivity index (χ2v) is 3.42. The van der Waals surface area contributed by atoms with Crippen LogP contribution in [0, 0.1) is 5.92 Å². The zero-order valence-corrected chi connectivity index (χ0v) is 8.86. The average molecular weight is 196 g/mol. The van der Waals surface area contributed by atoms with E-state index in [9.17, 15) is 4.79 Å². The molecule has 0 saturated carbocycles. The fraction of sp³-hybridized carbons (Fsp3) is 0.600. The van der Waals surface area contributed by atoms with Gasteiger partial charge in [0.1, 0.15) is 5.69 Å². The van der Waals surface area contributed by atoms with Crippen LogP contribution in [0.1, 0.15) is 23.8 Å². The van der Waals surface area contributed by atoms with Crippen LogP contribution in [0.2, 0.25) is 0 Å². The molecule has 1 unspecified atom stereocenters. The lowest BCUT2D eigenvalue weighted by molar-refractivity contribution is 0.0888. The van der Waals surface area contributed by atoms with Gasteiger partial charge in [-0.05, 0) is 12.5 Å². The molecule has 0 saturated heterocycles. The Balaban J connectivity index is 2.56. The van der Waals surface area contributed by atoms with E-state index in [0.29, 0.717) is 12.3 Å². The summed E-state index contributed by atoms with van der Waals surface area (Å²) in [5.41, 5.74) is 0.538. The summed E-state index contributed by atoms with van der Waals surface area (Å²) in [5, 5.41) is 4.07. The first kappa shape index (κ1) is 10.9. The van der Waals surface area contributed by atoms with Gasteiger partial charge in [-0.25, -0.2) is 0 Å². The van der Waals surface area contributed by atoms with Gasteiger partial charge in [-0.3, -0.25) is 9.48 Å². The molecule has 0 radical (unpaired) electrons. The summed E-state index contributed by atoms with van der Waals surface area (Å²) in [4.78, 5) is 11.7. The Labute approximate surface area is 83.9 Å². The number of ether oxygens (including phenoxy) is 1. The lowest BCUT2D eigenvalue weighted by Gasteiger charge is -2.06. The zero-order valence-electron chi connectivity index (χ0n) is 8.86. The maximum atomic E-state index is 11.7. The quantitative estimate of drug-likeness (QED) is 0.666. The molecule has 0 aliphatic heterocycles. The lowest BCUT2D eigenvalue weighted by Crippen LogP contribution is -2.14. The Kier molecular flexibility index (Phi) is 3.83. The normalized spacial score (nSPS) is 12.8. The van der Waals surface area contributed by atoms with Crippen LogP contribution >= 0.6 is 0 Å². The highest BCUT2D eigenvalue weighted by Gasteiger charge is 2.16. The van der Waals surface area contributed by atoms with Crippen LogP contribution in [0.4, 0.5) is 0 Å². The van der Waals surface area contributed by atoms with Crippen LogP contribution in [0.25, 0.3) is 0 Å². The molecule has 0 aliphatic rings. The van der Waals surface area contributed by atoms with Gasteiger partial charge in [-0.1, -0.05) is 6.92 Å². The monoisotopic (exact) mass is 196 g/mol. The van der Waals surface area contributed by atoms with E-state index < -0.39 is 0 Å². The van der Waals surface area contributed by atoms with Gasteiger partial charge >= 0.3 is 0 Å². The number of methoxy groups -OCH3 is 1.